The molecule has 2 aromatic rings. The minimum Gasteiger partial charge on any atom is -0.384 e. The Labute approximate surface area is 140 Å². The third-order valence-electron chi connectivity index (χ3n) is 3.99. The van der Waals surface area contributed by atoms with Gasteiger partial charge in [0.2, 0.25) is 0 Å². The maximum absolute atomic E-state index is 12.5. The number of hydrogen-bond acceptors (Lipinski definition) is 4. The zero-order valence-corrected chi connectivity index (χ0v) is 13.7. The first kappa shape index (κ1) is 16.0. The Bertz CT molecular complexity index is 671. The van der Waals surface area contributed by atoms with Crippen LogP contribution in [0, 0.1) is 5.92 Å². The zero-order chi connectivity index (χ0) is 16.2. The van der Waals surface area contributed by atoms with Crippen molar-refractivity contribution in [2.45, 2.75) is 13.0 Å². The molecule has 6 nitrogen and oxygen atoms in total. The molecular formula is C16H19ClN4O2. The van der Waals surface area contributed by atoms with Gasteiger partial charge in [0, 0.05) is 31.1 Å². The molecule has 1 aromatic heterocycles. The van der Waals surface area contributed by atoms with E-state index in [4.69, 9.17) is 16.3 Å². The highest BCUT2D eigenvalue weighted by atomic mass is 35.5. The van der Waals surface area contributed by atoms with Crippen LogP contribution in [-0.2, 0) is 11.3 Å². The molecule has 0 radical (unpaired) electrons. The van der Waals surface area contributed by atoms with E-state index in [0.717, 1.165) is 25.1 Å². The molecule has 1 aliphatic heterocycles. The number of halogens is 1. The van der Waals surface area contributed by atoms with E-state index < -0.39 is 0 Å². The number of ether oxygens (including phenoxy) is 1. The van der Waals surface area contributed by atoms with Crippen molar-refractivity contribution in [3.8, 4) is 0 Å². The highest BCUT2D eigenvalue weighted by Gasteiger charge is 2.28. The van der Waals surface area contributed by atoms with Gasteiger partial charge in [-0.1, -0.05) is 28.9 Å². The Morgan fingerprint density at radius 1 is 1.39 bits per heavy atom. The first-order chi connectivity index (χ1) is 11.2. The Balaban J connectivity index is 1.62. The molecule has 1 fully saturated rings. The number of benzene rings is 1. The fraction of sp³-hybridized carbons (Fsp3) is 0.438. The molecule has 0 N–H and O–H groups in total. The number of carbonyl (C=O) groups excluding carboxylic acids is 1. The number of aromatic nitrogens is 3. The normalized spacial score (nSPS) is 17.7. The molecule has 0 bridgehead atoms. The van der Waals surface area contributed by atoms with Crippen molar-refractivity contribution >= 4 is 17.5 Å². The molecule has 1 saturated heterocycles. The van der Waals surface area contributed by atoms with Crippen LogP contribution in [-0.4, -0.2) is 52.6 Å². The van der Waals surface area contributed by atoms with Crippen LogP contribution in [0.25, 0.3) is 0 Å². The second-order valence-corrected chi connectivity index (χ2v) is 6.23. The van der Waals surface area contributed by atoms with Gasteiger partial charge >= 0.3 is 0 Å². The summed E-state index contributed by atoms with van der Waals surface area (Å²) in [6.45, 7) is 2.71. The second-order valence-electron chi connectivity index (χ2n) is 5.79. The smallest absolute Gasteiger partial charge is 0.276 e. The summed E-state index contributed by atoms with van der Waals surface area (Å²) in [7, 11) is 1.69. The monoisotopic (exact) mass is 334 g/mol. The molecule has 0 unspecified atom stereocenters. The van der Waals surface area contributed by atoms with Crippen LogP contribution < -0.4 is 0 Å². The van der Waals surface area contributed by atoms with Gasteiger partial charge in [-0.25, -0.2) is 4.68 Å². The van der Waals surface area contributed by atoms with Crippen molar-refractivity contribution in [3.05, 3.63) is 46.7 Å². The predicted octanol–water partition coefficient (Wildman–Crippen LogP) is 2.09. The van der Waals surface area contributed by atoms with Gasteiger partial charge in [-0.05, 0) is 24.1 Å². The van der Waals surface area contributed by atoms with E-state index in [1.54, 1.807) is 18.0 Å². The molecule has 3 rings (SSSR count). The van der Waals surface area contributed by atoms with Gasteiger partial charge in [0.1, 0.15) is 0 Å². The Morgan fingerprint density at radius 2 is 2.17 bits per heavy atom. The number of rotatable bonds is 5. The molecule has 0 aliphatic carbocycles. The van der Waals surface area contributed by atoms with Gasteiger partial charge in [-0.2, -0.15) is 0 Å². The molecule has 1 aromatic carbocycles. The summed E-state index contributed by atoms with van der Waals surface area (Å²) in [5, 5.41) is 8.75. The van der Waals surface area contributed by atoms with Gasteiger partial charge < -0.3 is 9.64 Å². The van der Waals surface area contributed by atoms with Gasteiger partial charge in [-0.3, -0.25) is 4.79 Å². The lowest BCUT2D eigenvalue weighted by Crippen LogP contribution is -2.29. The highest BCUT2D eigenvalue weighted by Crippen LogP contribution is 2.18. The molecule has 0 saturated carbocycles. The van der Waals surface area contributed by atoms with Crippen molar-refractivity contribution in [1.82, 2.24) is 19.9 Å². The first-order valence-corrected chi connectivity index (χ1v) is 7.96. The predicted molar refractivity (Wildman–Crippen MR) is 86.5 cm³/mol. The summed E-state index contributed by atoms with van der Waals surface area (Å²) in [6.07, 6.45) is 2.67. The number of nitrogens with zero attached hydrogens (tertiary/aromatic N) is 4. The van der Waals surface area contributed by atoms with E-state index in [0.29, 0.717) is 29.8 Å². The van der Waals surface area contributed by atoms with E-state index in [1.807, 2.05) is 29.2 Å². The summed E-state index contributed by atoms with van der Waals surface area (Å²) in [6, 6.07) is 7.53. The van der Waals surface area contributed by atoms with Crippen LogP contribution in [0.15, 0.2) is 30.5 Å². The number of amides is 1. The van der Waals surface area contributed by atoms with E-state index in [-0.39, 0.29) is 5.91 Å². The van der Waals surface area contributed by atoms with Crippen molar-refractivity contribution in [1.29, 1.82) is 0 Å². The summed E-state index contributed by atoms with van der Waals surface area (Å²) < 4.78 is 6.82. The quantitative estimate of drug-likeness (QED) is 0.840. The van der Waals surface area contributed by atoms with Crippen LogP contribution in [0.5, 0.6) is 0 Å². The van der Waals surface area contributed by atoms with E-state index in [9.17, 15) is 4.79 Å². The summed E-state index contributed by atoms with van der Waals surface area (Å²) in [5.74, 6) is 0.346. The molecule has 1 atom stereocenters. The SMILES string of the molecule is COC[C@@H]1CCN(C(=O)c2cn(Cc3ccc(Cl)cc3)nn2)C1. The van der Waals surface area contributed by atoms with Crippen LogP contribution >= 0.6 is 11.6 Å². The van der Waals surface area contributed by atoms with Crippen molar-refractivity contribution < 1.29 is 9.53 Å². The van der Waals surface area contributed by atoms with Gasteiger partial charge in [-0.15, -0.1) is 5.10 Å². The molecule has 2 heterocycles. The third kappa shape index (κ3) is 3.89. The average molecular weight is 335 g/mol. The van der Waals surface area contributed by atoms with Gasteiger partial charge in [0.05, 0.1) is 19.3 Å². The molecule has 122 valence electrons. The van der Waals surface area contributed by atoms with Crippen LogP contribution in [0.3, 0.4) is 0 Å². The van der Waals surface area contributed by atoms with E-state index >= 15 is 0 Å². The number of carbonyl (C=O) groups is 1. The number of likely N-dealkylation sites (tertiary alicyclic amines) is 1. The Morgan fingerprint density at radius 3 is 2.91 bits per heavy atom. The first-order valence-electron chi connectivity index (χ1n) is 7.58. The Kier molecular flexibility index (Phi) is 4.93. The summed E-state index contributed by atoms with van der Waals surface area (Å²) in [4.78, 5) is 14.3. The number of methoxy groups -OCH3 is 1. The molecule has 0 spiro atoms. The fourth-order valence-corrected chi connectivity index (χ4v) is 2.93. The summed E-state index contributed by atoms with van der Waals surface area (Å²) in [5.41, 5.74) is 1.44. The van der Waals surface area contributed by atoms with Crippen molar-refractivity contribution in [2.24, 2.45) is 5.92 Å². The minimum atomic E-state index is -0.0639. The lowest BCUT2D eigenvalue weighted by Gasteiger charge is -2.14. The molecule has 1 aliphatic rings. The highest BCUT2D eigenvalue weighted by molar-refractivity contribution is 6.30. The third-order valence-corrected chi connectivity index (χ3v) is 4.24. The lowest BCUT2D eigenvalue weighted by atomic mass is 10.1. The molecule has 7 heteroatoms. The van der Waals surface area contributed by atoms with Gasteiger partial charge in [0.15, 0.2) is 5.69 Å². The van der Waals surface area contributed by atoms with Crippen LogP contribution in [0.4, 0.5) is 0 Å². The van der Waals surface area contributed by atoms with Crippen LogP contribution in [0.1, 0.15) is 22.5 Å². The van der Waals surface area contributed by atoms with Crippen LogP contribution in [0.2, 0.25) is 5.02 Å². The van der Waals surface area contributed by atoms with Crippen molar-refractivity contribution in [2.75, 3.05) is 26.8 Å². The lowest BCUT2D eigenvalue weighted by molar-refractivity contribution is 0.0769. The van der Waals surface area contributed by atoms with Gasteiger partial charge in [0.25, 0.3) is 5.91 Å². The molecule has 1 amide bonds. The second kappa shape index (κ2) is 7.10. The molecule has 23 heavy (non-hydrogen) atoms. The van der Waals surface area contributed by atoms with E-state index in [1.165, 1.54) is 0 Å². The maximum atomic E-state index is 12.5. The average Bonchev–Trinajstić information content (AvgIpc) is 3.19. The number of hydrogen-bond donors (Lipinski definition) is 0. The van der Waals surface area contributed by atoms with Crippen molar-refractivity contribution in [3.63, 3.8) is 0 Å². The Hall–Kier alpha value is -1.92. The zero-order valence-electron chi connectivity index (χ0n) is 13.0. The molecular weight excluding hydrogens is 316 g/mol. The summed E-state index contributed by atoms with van der Waals surface area (Å²) >= 11 is 5.87. The topological polar surface area (TPSA) is 60.2 Å². The largest absolute Gasteiger partial charge is 0.384 e. The minimum absolute atomic E-state index is 0.0639. The standard InChI is InChI=1S/C16H19ClN4O2/c1-23-11-13-6-7-20(8-13)16(22)15-10-21(19-18-15)9-12-2-4-14(17)5-3-12/h2-5,10,13H,6-9,11H2,1H3/t13-/m1/s1. The van der Waals surface area contributed by atoms with E-state index in [2.05, 4.69) is 10.3 Å². The fourth-order valence-electron chi connectivity index (χ4n) is 2.80. The maximum Gasteiger partial charge on any atom is 0.276 e.